The van der Waals surface area contributed by atoms with Crippen molar-refractivity contribution in [3.63, 3.8) is 0 Å². The van der Waals surface area contributed by atoms with E-state index in [1.807, 2.05) is 6.07 Å². The second-order valence-electron chi connectivity index (χ2n) is 7.78. The van der Waals surface area contributed by atoms with Gasteiger partial charge < -0.3 is 14.4 Å². The third-order valence-electron chi connectivity index (χ3n) is 5.58. The molecule has 1 aliphatic heterocycles. The van der Waals surface area contributed by atoms with Gasteiger partial charge in [0.15, 0.2) is 0 Å². The molecule has 1 amide bonds. The zero-order chi connectivity index (χ0) is 24.2. The van der Waals surface area contributed by atoms with Crippen LogP contribution in [0.5, 0.6) is 5.75 Å². The van der Waals surface area contributed by atoms with E-state index >= 15 is 0 Å². The van der Waals surface area contributed by atoms with Crippen molar-refractivity contribution in [2.75, 3.05) is 11.5 Å². The van der Waals surface area contributed by atoms with E-state index in [0.717, 1.165) is 5.56 Å². The number of hydrogen-bond acceptors (Lipinski definition) is 4. The normalized spacial score (nSPS) is 12.9. The molecule has 0 saturated heterocycles. The molecule has 176 valence electrons. The summed E-state index contributed by atoms with van der Waals surface area (Å²) in [5.41, 5.74) is 2.88. The number of anilines is 1. The Balaban J connectivity index is 1.63. The van der Waals surface area contributed by atoms with Crippen molar-refractivity contribution in [1.82, 2.24) is 0 Å². The number of benzene rings is 3. The predicted molar refractivity (Wildman–Crippen MR) is 129 cm³/mol. The smallest absolute Gasteiger partial charge is 0.338 e. The standard InChI is InChI=1S/C26H22Cl2FNO4/c1-2-33-26(32)21-4-3-5-23-20(21)9-11-25(31)30(23)14-17-12-18(27)8-10-24(17)34-15-16-6-7-19(28)13-22(16)29/h3-8,10,12-13H,2,9,11,14-15H2,1H3. The van der Waals surface area contributed by atoms with E-state index < -0.39 is 11.8 Å². The van der Waals surface area contributed by atoms with Crippen molar-refractivity contribution in [2.24, 2.45) is 0 Å². The monoisotopic (exact) mass is 501 g/mol. The molecular weight excluding hydrogens is 480 g/mol. The highest BCUT2D eigenvalue weighted by Crippen LogP contribution is 2.34. The summed E-state index contributed by atoms with van der Waals surface area (Å²) in [4.78, 5) is 26.9. The summed E-state index contributed by atoms with van der Waals surface area (Å²) in [6, 6.07) is 14.7. The van der Waals surface area contributed by atoms with Crippen LogP contribution >= 0.6 is 23.2 Å². The zero-order valence-electron chi connectivity index (χ0n) is 18.4. The van der Waals surface area contributed by atoms with E-state index in [-0.39, 0.29) is 32.1 Å². The summed E-state index contributed by atoms with van der Waals surface area (Å²) in [5.74, 6) is -0.483. The number of carbonyl (C=O) groups is 2. The van der Waals surface area contributed by atoms with Crippen molar-refractivity contribution in [1.29, 1.82) is 0 Å². The lowest BCUT2D eigenvalue weighted by molar-refractivity contribution is -0.119. The summed E-state index contributed by atoms with van der Waals surface area (Å²) < 4.78 is 25.3. The van der Waals surface area contributed by atoms with Crippen LogP contribution < -0.4 is 9.64 Å². The molecule has 0 spiro atoms. The van der Waals surface area contributed by atoms with Crippen LogP contribution in [0.1, 0.15) is 40.4 Å². The van der Waals surface area contributed by atoms with Crippen LogP contribution in [0.15, 0.2) is 54.6 Å². The first-order valence-electron chi connectivity index (χ1n) is 10.8. The van der Waals surface area contributed by atoms with Crippen molar-refractivity contribution in [3.8, 4) is 5.75 Å². The van der Waals surface area contributed by atoms with Crippen molar-refractivity contribution in [3.05, 3.63) is 92.7 Å². The van der Waals surface area contributed by atoms with Gasteiger partial charge in [0.05, 0.1) is 18.7 Å². The summed E-state index contributed by atoms with van der Waals surface area (Å²) in [6.07, 6.45) is 0.713. The molecule has 0 aliphatic carbocycles. The third kappa shape index (κ3) is 5.18. The van der Waals surface area contributed by atoms with Gasteiger partial charge in [0.25, 0.3) is 0 Å². The highest BCUT2D eigenvalue weighted by molar-refractivity contribution is 6.30. The first kappa shape index (κ1) is 24.0. The second kappa shape index (κ2) is 10.5. The first-order chi connectivity index (χ1) is 16.4. The predicted octanol–water partition coefficient (Wildman–Crippen LogP) is 6.37. The number of rotatable bonds is 7. The molecule has 0 bridgehead atoms. The Morgan fingerprint density at radius 1 is 1.03 bits per heavy atom. The van der Waals surface area contributed by atoms with E-state index in [4.69, 9.17) is 32.7 Å². The number of nitrogens with zero attached hydrogens (tertiary/aromatic N) is 1. The average Bonchev–Trinajstić information content (AvgIpc) is 2.81. The highest BCUT2D eigenvalue weighted by Gasteiger charge is 2.29. The molecule has 0 unspecified atom stereocenters. The minimum Gasteiger partial charge on any atom is -0.488 e. The van der Waals surface area contributed by atoms with Crippen LogP contribution in [0.4, 0.5) is 10.1 Å². The first-order valence-corrected chi connectivity index (χ1v) is 11.6. The van der Waals surface area contributed by atoms with Crippen LogP contribution in [-0.4, -0.2) is 18.5 Å². The van der Waals surface area contributed by atoms with Crippen LogP contribution in [0, 0.1) is 5.82 Å². The fraction of sp³-hybridized carbons (Fsp3) is 0.231. The van der Waals surface area contributed by atoms with Gasteiger partial charge in [-0.1, -0.05) is 35.3 Å². The molecule has 4 rings (SSSR count). The number of amides is 1. The topological polar surface area (TPSA) is 55.8 Å². The number of fused-ring (bicyclic) bond motifs is 1. The zero-order valence-corrected chi connectivity index (χ0v) is 20.0. The minimum absolute atomic E-state index is 0.0187. The van der Waals surface area contributed by atoms with Crippen LogP contribution in [-0.2, 0) is 29.1 Å². The Bertz CT molecular complexity index is 1250. The van der Waals surface area contributed by atoms with Gasteiger partial charge in [-0.05, 0) is 61.4 Å². The molecule has 5 nitrogen and oxygen atoms in total. The summed E-state index contributed by atoms with van der Waals surface area (Å²) in [7, 11) is 0. The molecule has 0 radical (unpaired) electrons. The largest absolute Gasteiger partial charge is 0.488 e. The van der Waals surface area contributed by atoms with Gasteiger partial charge in [-0.25, -0.2) is 9.18 Å². The lowest BCUT2D eigenvalue weighted by atomic mass is 9.95. The van der Waals surface area contributed by atoms with E-state index in [0.29, 0.717) is 44.6 Å². The highest BCUT2D eigenvalue weighted by atomic mass is 35.5. The molecule has 3 aromatic rings. The molecular formula is C26H22Cl2FNO4. The van der Waals surface area contributed by atoms with Gasteiger partial charge >= 0.3 is 5.97 Å². The Morgan fingerprint density at radius 3 is 2.56 bits per heavy atom. The second-order valence-corrected chi connectivity index (χ2v) is 8.65. The Labute approximate surface area is 207 Å². The number of carbonyl (C=O) groups excluding carboxylic acids is 2. The van der Waals surface area contributed by atoms with Gasteiger partial charge in [0.2, 0.25) is 5.91 Å². The summed E-state index contributed by atoms with van der Waals surface area (Å²) in [5, 5.41) is 0.780. The SMILES string of the molecule is CCOC(=O)c1cccc2c1CCC(=O)N2Cc1cc(Cl)ccc1OCc1ccc(Cl)cc1F. The Hall–Kier alpha value is -3.09. The van der Waals surface area contributed by atoms with E-state index in [1.54, 1.807) is 54.3 Å². The number of ether oxygens (including phenoxy) is 2. The molecule has 0 aromatic heterocycles. The Morgan fingerprint density at radius 2 is 1.79 bits per heavy atom. The van der Waals surface area contributed by atoms with Gasteiger partial charge in [0.1, 0.15) is 18.2 Å². The molecule has 8 heteroatoms. The fourth-order valence-corrected chi connectivity index (χ4v) is 4.30. The van der Waals surface area contributed by atoms with Crippen LogP contribution in [0.3, 0.4) is 0 Å². The van der Waals surface area contributed by atoms with Gasteiger partial charge in [0, 0.05) is 33.3 Å². The lowest BCUT2D eigenvalue weighted by Gasteiger charge is -2.31. The Kier molecular flexibility index (Phi) is 7.39. The van der Waals surface area contributed by atoms with E-state index in [1.165, 1.54) is 6.07 Å². The number of esters is 1. The van der Waals surface area contributed by atoms with Crippen LogP contribution in [0.2, 0.25) is 10.0 Å². The molecule has 1 heterocycles. The number of hydrogen-bond donors (Lipinski definition) is 0. The molecule has 0 saturated carbocycles. The molecule has 0 atom stereocenters. The average molecular weight is 502 g/mol. The lowest BCUT2D eigenvalue weighted by Crippen LogP contribution is -2.35. The maximum absolute atomic E-state index is 14.2. The maximum atomic E-state index is 14.2. The maximum Gasteiger partial charge on any atom is 0.338 e. The molecule has 0 fully saturated rings. The van der Waals surface area contributed by atoms with Crippen LogP contribution in [0.25, 0.3) is 0 Å². The van der Waals surface area contributed by atoms with Gasteiger partial charge in [-0.3, -0.25) is 4.79 Å². The van der Waals surface area contributed by atoms with Crippen molar-refractivity contribution >= 4 is 40.8 Å². The fourth-order valence-electron chi connectivity index (χ4n) is 3.94. The third-order valence-corrected chi connectivity index (χ3v) is 6.05. The van der Waals surface area contributed by atoms with E-state index in [9.17, 15) is 14.0 Å². The molecule has 34 heavy (non-hydrogen) atoms. The molecule has 3 aromatic carbocycles. The molecule has 1 aliphatic rings. The van der Waals surface area contributed by atoms with Crippen molar-refractivity contribution < 1.29 is 23.5 Å². The van der Waals surface area contributed by atoms with E-state index in [2.05, 4.69) is 0 Å². The molecule has 0 N–H and O–H groups in total. The summed E-state index contributed by atoms with van der Waals surface area (Å²) in [6.45, 7) is 2.18. The van der Waals surface area contributed by atoms with Crippen molar-refractivity contribution in [2.45, 2.75) is 32.9 Å². The minimum atomic E-state index is -0.463. The van der Waals surface area contributed by atoms with Gasteiger partial charge in [-0.2, -0.15) is 0 Å². The quantitative estimate of drug-likeness (QED) is 0.353. The summed E-state index contributed by atoms with van der Waals surface area (Å²) >= 11 is 12.1. The van der Waals surface area contributed by atoms with Gasteiger partial charge in [-0.15, -0.1) is 0 Å². The number of halogens is 3.